The van der Waals surface area contributed by atoms with Gasteiger partial charge in [-0.3, -0.25) is 9.59 Å². The number of hydrogen-bond acceptors (Lipinski definition) is 3. The average molecular weight is 411 g/mol. The number of benzene rings is 2. The first-order valence-corrected chi connectivity index (χ1v) is 10.8. The second kappa shape index (κ2) is 12.7. The first-order valence-electron chi connectivity index (χ1n) is 10.8. The van der Waals surface area contributed by atoms with Crippen molar-refractivity contribution in [2.75, 3.05) is 13.7 Å². The summed E-state index contributed by atoms with van der Waals surface area (Å²) in [6.07, 6.45) is 3.56. The Hall–Kier alpha value is -2.82. The predicted octanol–water partition coefficient (Wildman–Crippen LogP) is 4.35. The molecule has 0 heterocycles. The third kappa shape index (κ3) is 7.21. The van der Waals surface area contributed by atoms with Crippen LogP contribution in [0.25, 0.3) is 0 Å². The molecule has 2 aromatic rings. The number of carbonyl (C=O) groups is 2. The first kappa shape index (κ1) is 23.5. The van der Waals surface area contributed by atoms with Gasteiger partial charge in [0, 0.05) is 25.9 Å². The molecular formula is C25H34N2O3. The molecule has 5 nitrogen and oxygen atoms in total. The van der Waals surface area contributed by atoms with Crippen LogP contribution in [0, 0.1) is 0 Å². The number of unbranched alkanes of at least 4 members (excludes halogenated alkanes) is 1. The SMILES string of the molecule is CCCCNC(=O)[C@H](Cc1ccccc1)N(Cc1cccc(OC)c1)C(=O)CCC. The van der Waals surface area contributed by atoms with Gasteiger partial charge in [-0.05, 0) is 36.1 Å². The highest BCUT2D eigenvalue weighted by atomic mass is 16.5. The Bertz CT molecular complexity index is 792. The van der Waals surface area contributed by atoms with E-state index in [-0.39, 0.29) is 11.8 Å². The van der Waals surface area contributed by atoms with Crippen molar-refractivity contribution >= 4 is 11.8 Å². The zero-order chi connectivity index (χ0) is 21.8. The normalized spacial score (nSPS) is 11.6. The highest BCUT2D eigenvalue weighted by molar-refractivity contribution is 5.88. The summed E-state index contributed by atoms with van der Waals surface area (Å²) >= 11 is 0. The van der Waals surface area contributed by atoms with Gasteiger partial charge >= 0.3 is 0 Å². The van der Waals surface area contributed by atoms with E-state index >= 15 is 0 Å². The summed E-state index contributed by atoms with van der Waals surface area (Å²) in [6, 6.07) is 17.0. The minimum atomic E-state index is -0.561. The van der Waals surface area contributed by atoms with Gasteiger partial charge in [0.2, 0.25) is 11.8 Å². The number of rotatable bonds is 12. The Balaban J connectivity index is 2.33. The predicted molar refractivity (Wildman–Crippen MR) is 120 cm³/mol. The number of amides is 2. The minimum absolute atomic E-state index is 0.00751. The Kier molecular flexibility index (Phi) is 9.92. The highest BCUT2D eigenvalue weighted by Gasteiger charge is 2.29. The van der Waals surface area contributed by atoms with Crippen molar-refractivity contribution in [3.8, 4) is 5.75 Å². The van der Waals surface area contributed by atoms with E-state index in [9.17, 15) is 9.59 Å². The topological polar surface area (TPSA) is 58.6 Å². The molecule has 0 saturated carbocycles. The van der Waals surface area contributed by atoms with Crippen molar-refractivity contribution in [2.24, 2.45) is 0 Å². The Morgan fingerprint density at radius 3 is 2.40 bits per heavy atom. The van der Waals surface area contributed by atoms with Gasteiger partial charge in [-0.15, -0.1) is 0 Å². The van der Waals surface area contributed by atoms with E-state index in [4.69, 9.17) is 4.74 Å². The van der Waals surface area contributed by atoms with Crippen molar-refractivity contribution in [3.05, 3.63) is 65.7 Å². The van der Waals surface area contributed by atoms with E-state index in [1.54, 1.807) is 12.0 Å². The summed E-state index contributed by atoms with van der Waals surface area (Å²) in [6.45, 7) is 5.06. The zero-order valence-electron chi connectivity index (χ0n) is 18.4. The van der Waals surface area contributed by atoms with Crippen LogP contribution in [0.15, 0.2) is 54.6 Å². The highest BCUT2D eigenvalue weighted by Crippen LogP contribution is 2.19. The smallest absolute Gasteiger partial charge is 0.243 e. The third-order valence-electron chi connectivity index (χ3n) is 5.05. The van der Waals surface area contributed by atoms with Crippen LogP contribution in [-0.2, 0) is 22.6 Å². The van der Waals surface area contributed by atoms with Gasteiger partial charge < -0.3 is 15.0 Å². The maximum absolute atomic E-state index is 13.2. The Labute approximate surface area is 180 Å². The standard InChI is InChI=1S/C25H34N2O3/c1-4-6-16-26-25(29)23(18-20-12-8-7-9-13-20)27(24(28)11-5-2)19-21-14-10-15-22(17-21)30-3/h7-10,12-15,17,23H,4-6,11,16,18-19H2,1-3H3,(H,26,29)/t23-/m0/s1. The second-order valence-corrected chi connectivity index (χ2v) is 7.47. The maximum atomic E-state index is 13.2. The lowest BCUT2D eigenvalue weighted by Gasteiger charge is -2.31. The molecule has 0 aliphatic carbocycles. The van der Waals surface area contributed by atoms with Crippen LogP contribution in [0.2, 0.25) is 0 Å². The van der Waals surface area contributed by atoms with Gasteiger partial charge in [0.05, 0.1) is 7.11 Å². The average Bonchev–Trinajstić information content (AvgIpc) is 2.77. The van der Waals surface area contributed by atoms with Crippen molar-refractivity contribution in [2.45, 2.75) is 58.5 Å². The minimum Gasteiger partial charge on any atom is -0.497 e. The lowest BCUT2D eigenvalue weighted by Crippen LogP contribution is -2.50. The summed E-state index contributed by atoms with van der Waals surface area (Å²) in [5.41, 5.74) is 1.98. The molecule has 1 N–H and O–H groups in total. The van der Waals surface area contributed by atoms with E-state index in [1.165, 1.54) is 0 Å². The van der Waals surface area contributed by atoms with Gasteiger partial charge in [0.1, 0.15) is 11.8 Å². The monoisotopic (exact) mass is 410 g/mol. The van der Waals surface area contributed by atoms with Crippen LogP contribution in [0.5, 0.6) is 5.75 Å². The third-order valence-corrected chi connectivity index (χ3v) is 5.05. The maximum Gasteiger partial charge on any atom is 0.243 e. The fraction of sp³-hybridized carbons (Fsp3) is 0.440. The number of ether oxygens (including phenoxy) is 1. The molecule has 5 heteroatoms. The number of nitrogens with one attached hydrogen (secondary N) is 1. The van der Waals surface area contributed by atoms with E-state index in [2.05, 4.69) is 12.2 Å². The van der Waals surface area contributed by atoms with Crippen molar-refractivity contribution in [1.82, 2.24) is 10.2 Å². The molecule has 0 fully saturated rings. The fourth-order valence-corrected chi connectivity index (χ4v) is 3.39. The molecule has 30 heavy (non-hydrogen) atoms. The van der Waals surface area contributed by atoms with Gasteiger partial charge in [0.25, 0.3) is 0 Å². The first-order chi connectivity index (χ1) is 14.6. The summed E-state index contributed by atoms with van der Waals surface area (Å²) in [4.78, 5) is 28.0. The van der Waals surface area contributed by atoms with Crippen LogP contribution >= 0.6 is 0 Å². The molecule has 1 atom stereocenters. The van der Waals surface area contributed by atoms with E-state index in [0.717, 1.165) is 36.1 Å². The van der Waals surface area contributed by atoms with Crippen LogP contribution in [0.4, 0.5) is 0 Å². The molecule has 0 spiro atoms. The Morgan fingerprint density at radius 1 is 1.00 bits per heavy atom. The lowest BCUT2D eigenvalue weighted by molar-refractivity contribution is -0.141. The Morgan fingerprint density at radius 2 is 1.73 bits per heavy atom. The van der Waals surface area contributed by atoms with Gasteiger partial charge in [-0.25, -0.2) is 0 Å². The molecule has 2 amide bonds. The van der Waals surface area contributed by atoms with E-state index < -0.39 is 6.04 Å². The quantitative estimate of drug-likeness (QED) is 0.529. The molecule has 162 valence electrons. The van der Waals surface area contributed by atoms with Crippen LogP contribution in [-0.4, -0.2) is 36.4 Å². The molecule has 2 aromatic carbocycles. The molecule has 2 rings (SSSR count). The van der Waals surface area contributed by atoms with Crippen LogP contribution < -0.4 is 10.1 Å². The molecule has 0 aliphatic heterocycles. The molecular weight excluding hydrogens is 376 g/mol. The summed E-state index contributed by atoms with van der Waals surface area (Å²) in [5.74, 6) is 0.633. The number of nitrogens with zero attached hydrogens (tertiary/aromatic N) is 1. The molecule has 0 aromatic heterocycles. The molecule has 0 unspecified atom stereocenters. The molecule has 0 bridgehead atoms. The van der Waals surface area contributed by atoms with Gasteiger partial charge in [0.15, 0.2) is 0 Å². The second-order valence-electron chi connectivity index (χ2n) is 7.47. The number of carbonyl (C=O) groups excluding carboxylic acids is 2. The molecule has 0 radical (unpaired) electrons. The van der Waals surface area contributed by atoms with Crippen LogP contribution in [0.1, 0.15) is 50.7 Å². The van der Waals surface area contributed by atoms with Crippen molar-refractivity contribution in [3.63, 3.8) is 0 Å². The lowest BCUT2D eigenvalue weighted by atomic mass is 10.0. The summed E-state index contributed by atoms with van der Waals surface area (Å²) in [7, 11) is 1.62. The van der Waals surface area contributed by atoms with Gasteiger partial charge in [-0.2, -0.15) is 0 Å². The van der Waals surface area contributed by atoms with Crippen LogP contribution in [0.3, 0.4) is 0 Å². The van der Waals surface area contributed by atoms with Gasteiger partial charge in [-0.1, -0.05) is 62.7 Å². The molecule has 0 aliphatic rings. The zero-order valence-corrected chi connectivity index (χ0v) is 18.4. The number of hydrogen-bond donors (Lipinski definition) is 1. The van der Waals surface area contributed by atoms with E-state index in [0.29, 0.717) is 25.9 Å². The fourth-order valence-electron chi connectivity index (χ4n) is 3.39. The van der Waals surface area contributed by atoms with E-state index in [1.807, 2.05) is 61.5 Å². The number of methoxy groups -OCH3 is 1. The van der Waals surface area contributed by atoms with Crippen molar-refractivity contribution in [1.29, 1.82) is 0 Å². The molecule has 0 saturated heterocycles. The van der Waals surface area contributed by atoms with Crippen molar-refractivity contribution < 1.29 is 14.3 Å². The summed E-state index contributed by atoms with van der Waals surface area (Å²) < 4.78 is 5.33. The summed E-state index contributed by atoms with van der Waals surface area (Å²) in [5, 5.41) is 3.03. The largest absolute Gasteiger partial charge is 0.497 e.